The zero-order valence-corrected chi connectivity index (χ0v) is 11.8. The molecule has 0 saturated heterocycles. The lowest BCUT2D eigenvalue weighted by Crippen LogP contribution is -2.33. The topological polar surface area (TPSA) is 38.0 Å². The van der Waals surface area contributed by atoms with Crippen LogP contribution in [0.3, 0.4) is 0 Å². The number of hydrogen-bond acceptors (Lipinski definition) is 3. The summed E-state index contributed by atoms with van der Waals surface area (Å²) in [5.74, 6) is 6.44. The molecule has 1 atom stereocenters. The smallest absolute Gasteiger partial charge is 0.0701 e. The molecular weight excluding hydrogens is 284 g/mol. The Balaban J connectivity index is 2.08. The van der Waals surface area contributed by atoms with E-state index in [0.717, 1.165) is 0 Å². The molecule has 0 amide bonds. The van der Waals surface area contributed by atoms with Crippen molar-refractivity contribution in [3.63, 3.8) is 0 Å². The zero-order valence-electron chi connectivity index (χ0n) is 9.42. The Bertz CT molecular complexity index is 319. The molecule has 4 heteroatoms. The van der Waals surface area contributed by atoms with Crippen molar-refractivity contribution in [2.24, 2.45) is 11.8 Å². The molecule has 2 rings (SSSR count). The van der Waals surface area contributed by atoms with Crippen molar-refractivity contribution < 1.29 is 0 Å². The van der Waals surface area contributed by atoms with Gasteiger partial charge in [-0.1, -0.05) is 25.7 Å². The Labute approximate surface area is 110 Å². The molecule has 1 aliphatic carbocycles. The molecule has 1 fully saturated rings. The fraction of sp³-hybridized carbons (Fsp3) is 0.667. The van der Waals surface area contributed by atoms with Gasteiger partial charge in [0.25, 0.3) is 0 Å². The Morgan fingerprint density at radius 2 is 2.00 bits per heavy atom. The van der Waals surface area contributed by atoms with Crippen molar-refractivity contribution in [1.82, 2.24) is 5.43 Å². The molecular formula is C12H19BrN2S. The number of hydrogen-bond donors (Lipinski definition) is 2. The third-order valence-corrected chi connectivity index (χ3v) is 5.02. The van der Waals surface area contributed by atoms with Crippen LogP contribution >= 0.6 is 27.3 Å². The minimum absolute atomic E-state index is 0.334. The summed E-state index contributed by atoms with van der Waals surface area (Å²) < 4.78 is 1.19. The molecule has 16 heavy (non-hydrogen) atoms. The van der Waals surface area contributed by atoms with Gasteiger partial charge < -0.3 is 0 Å². The molecule has 2 nitrogen and oxygen atoms in total. The van der Waals surface area contributed by atoms with E-state index in [1.807, 2.05) is 0 Å². The lowest BCUT2D eigenvalue weighted by atomic mass is 9.89. The van der Waals surface area contributed by atoms with Crippen LogP contribution in [0.5, 0.6) is 0 Å². The second kappa shape index (κ2) is 6.15. The number of hydrazine groups is 1. The molecule has 1 aromatic heterocycles. The number of nitrogens with one attached hydrogen (secondary N) is 1. The number of nitrogens with two attached hydrogens (primary N) is 1. The molecule has 0 aliphatic heterocycles. The van der Waals surface area contributed by atoms with Gasteiger partial charge in [0.2, 0.25) is 0 Å². The summed E-state index contributed by atoms with van der Waals surface area (Å²) in [6.07, 6.45) is 8.11. The predicted molar refractivity (Wildman–Crippen MR) is 73.3 cm³/mol. The van der Waals surface area contributed by atoms with E-state index in [4.69, 9.17) is 5.84 Å². The molecule has 3 N–H and O–H groups in total. The number of thiophene rings is 1. The van der Waals surface area contributed by atoms with Crippen LogP contribution in [0, 0.1) is 5.92 Å². The van der Waals surface area contributed by atoms with Gasteiger partial charge in [0.1, 0.15) is 0 Å². The van der Waals surface area contributed by atoms with E-state index in [9.17, 15) is 0 Å². The molecule has 0 aromatic carbocycles. The second-order valence-electron chi connectivity index (χ2n) is 4.58. The third-order valence-electron chi connectivity index (χ3n) is 3.50. The lowest BCUT2D eigenvalue weighted by molar-refractivity contribution is 0.329. The minimum atomic E-state index is 0.334. The van der Waals surface area contributed by atoms with Gasteiger partial charge in [-0.3, -0.25) is 11.3 Å². The maximum Gasteiger partial charge on any atom is 0.0701 e. The number of halogens is 1. The highest BCUT2D eigenvalue weighted by Crippen LogP contribution is 2.35. The summed E-state index contributed by atoms with van der Waals surface area (Å²) >= 11 is 5.26. The van der Waals surface area contributed by atoms with Crippen molar-refractivity contribution in [2.45, 2.75) is 44.6 Å². The van der Waals surface area contributed by atoms with Gasteiger partial charge in [-0.15, -0.1) is 11.3 Å². The van der Waals surface area contributed by atoms with Gasteiger partial charge in [-0.2, -0.15) is 0 Å². The summed E-state index contributed by atoms with van der Waals surface area (Å²) in [5, 5.41) is 2.21. The average molecular weight is 303 g/mol. The van der Waals surface area contributed by atoms with Crippen LogP contribution in [0.1, 0.15) is 50.1 Å². The molecule has 0 bridgehead atoms. The molecule has 0 spiro atoms. The maximum absolute atomic E-state index is 5.74. The van der Waals surface area contributed by atoms with Crippen molar-refractivity contribution >= 4 is 27.3 Å². The highest BCUT2D eigenvalue weighted by molar-refractivity contribution is 9.11. The monoisotopic (exact) mass is 302 g/mol. The SMILES string of the molecule is NNC(c1csc(Br)c1)C1CCCCCC1. The summed E-state index contributed by atoms with van der Waals surface area (Å²) in [6.45, 7) is 0. The van der Waals surface area contributed by atoms with E-state index in [1.165, 1.54) is 47.9 Å². The lowest BCUT2D eigenvalue weighted by Gasteiger charge is -2.24. The summed E-state index contributed by atoms with van der Waals surface area (Å²) in [7, 11) is 0. The second-order valence-corrected chi connectivity index (χ2v) is 6.87. The summed E-state index contributed by atoms with van der Waals surface area (Å²) in [4.78, 5) is 0. The summed E-state index contributed by atoms with van der Waals surface area (Å²) in [5.41, 5.74) is 4.35. The first kappa shape index (κ1) is 12.6. The quantitative estimate of drug-likeness (QED) is 0.503. The van der Waals surface area contributed by atoms with Crippen LogP contribution in [-0.2, 0) is 0 Å². The van der Waals surface area contributed by atoms with Crippen LogP contribution in [0.15, 0.2) is 15.2 Å². The van der Waals surface area contributed by atoms with Gasteiger partial charge in [0, 0.05) is 6.04 Å². The molecule has 1 heterocycles. The van der Waals surface area contributed by atoms with Gasteiger partial charge in [0.15, 0.2) is 0 Å². The van der Waals surface area contributed by atoms with E-state index in [1.54, 1.807) is 11.3 Å². The van der Waals surface area contributed by atoms with Crippen LogP contribution in [0.4, 0.5) is 0 Å². The van der Waals surface area contributed by atoms with Crippen LogP contribution in [0.25, 0.3) is 0 Å². The van der Waals surface area contributed by atoms with Gasteiger partial charge in [-0.05, 0) is 51.7 Å². The van der Waals surface area contributed by atoms with Gasteiger partial charge in [-0.25, -0.2) is 0 Å². The molecule has 90 valence electrons. The van der Waals surface area contributed by atoms with Crippen molar-refractivity contribution in [2.75, 3.05) is 0 Å². The first-order chi connectivity index (χ1) is 7.81. The normalized spacial score (nSPS) is 20.6. The van der Waals surface area contributed by atoms with Crippen molar-refractivity contribution in [3.8, 4) is 0 Å². The summed E-state index contributed by atoms with van der Waals surface area (Å²) in [6, 6.07) is 2.53. The van der Waals surface area contributed by atoms with Gasteiger partial charge in [0.05, 0.1) is 3.79 Å². The minimum Gasteiger partial charge on any atom is -0.271 e. The number of rotatable bonds is 3. The molecule has 1 saturated carbocycles. The maximum atomic E-state index is 5.74. The molecule has 1 aromatic rings. The highest BCUT2D eigenvalue weighted by Gasteiger charge is 2.23. The van der Waals surface area contributed by atoms with E-state index < -0.39 is 0 Å². The first-order valence-corrected chi connectivity index (χ1v) is 7.68. The van der Waals surface area contributed by atoms with Crippen LogP contribution < -0.4 is 11.3 Å². The predicted octanol–water partition coefficient (Wildman–Crippen LogP) is 3.99. The standard InChI is InChI=1S/C12H19BrN2S/c13-11-7-10(8-16-11)12(15-14)9-5-3-1-2-4-6-9/h7-9,12,15H,1-6,14H2. The zero-order chi connectivity index (χ0) is 11.4. The van der Waals surface area contributed by atoms with Crippen molar-refractivity contribution in [3.05, 3.63) is 20.8 Å². The Morgan fingerprint density at radius 1 is 1.31 bits per heavy atom. The Morgan fingerprint density at radius 3 is 2.50 bits per heavy atom. The molecule has 1 unspecified atom stereocenters. The van der Waals surface area contributed by atoms with Crippen LogP contribution in [0.2, 0.25) is 0 Å². The van der Waals surface area contributed by atoms with E-state index in [0.29, 0.717) is 12.0 Å². The van der Waals surface area contributed by atoms with E-state index >= 15 is 0 Å². The van der Waals surface area contributed by atoms with E-state index in [-0.39, 0.29) is 0 Å². The third kappa shape index (κ3) is 3.06. The van der Waals surface area contributed by atoms with E-state index in [2.05, 4.69) is 32.8 Å². The fourth-order valence-corrected chi connectivity index (χ4v) is 3.85. The Kier molecular flexibility index (Phi) is 4.82. The van der Waals surface area contributed by atoms with Gasteiger partial charge >= 0.3 is 0 Å². The fourth-order valence-electron chi connectivity index (χ4n) is 2.64. The highest BCUT2D eigenvalue weighted by atomic mass is 79.9. The van der Waals surface area contributed by atoms with Crippen LogP contribution in [-0.4, -0.2) is 0 Å². The average Bonchev–Trinajstić information content (AvgIpc) is 2.55. The Hall–Kier alpha value is 0.100. The largest absolute Gasteiger partial charge is 0.271 e. The molecule has 0 radical (unpaired) electrons. The molecule has 1 aliphatic rings. The van der Waals surface area contributed by atoms with Crippen molar-refractivity contribution in [1.29, 1.82) is 0 Å². The first-order valence-electron chi connectivity index (χ1n) is 6.01.